The Kier molecular flexibility index (Phi) is 3.37. The molecule has 1 saturated heterocycles. The van der Waals surface area contributed by atoms with Crippen LogP contribution in [-0.4, -0.2) is 36.1 Å². The normalized spacial score (nSPS) is 27.3. The molecule has 2 aliphatic heterocycles. The SMILES string of the molecule is NC[C@H]1CC[C@@H](C(=O)N2CCc3sccc3C2)O1. The van der Waals surface area contributed by atoms with Gasteiger partial charge in [0.2, 0.25) is 0 Å². The number of nitrogens with two attached hydrogens (primary N) is 1. The Labute approximate surface area is 111 Å². The Morgan fingerprint density at radius 1 is 1.56 bits per heavy atom. The molecule has 0 saturated carbocycles. The van der Waals surface area contributed by atoms with Crippen LogP contribution in [0.5, 0.6) is 0 Å². The molecule has 0 aromatic carbocycles. The maximum atomic E-state index is 12.4. The van der Waals surface area contributed by atoms with Gasteiger partial charge < -0.3 is 15.4 Å². The zero-order valence-corrected chi connectivity index (χ0v) is 11.1. The largest absolute Gasteiger partial charge is 0.364 e. The molecule has 4 nitrogen and oxygen atoms in total. The van der Waals surface area contributed by atoms with Crippen molar-refractivity contribution in [2.75, 3.05) is 13.1 Å². The molecule has 0 bridgehead atoms. The van der Waals surface area contributed by atoms with Crippen LogP contribution in [-0.2, 0) is 22.5 Å². The van der Waals surface area contributed by atoms with E-state index < -0.39 is 0 Å². The molecule has 2 N–H and O–H groups in total. The van der Waals surface area contributed by atoms with Crippen molar-refractivity contribution in [2.45, 2.75) is 38.0 Å². The van der Waals surface area contributed by atoms with Crippen LogP contribution in [0.2, 0.25) is 0 Å². The molecule has 2 aliphatic rings. The summed E-state index contributed by atoms with van der Waals surface area (Å²) in [6.45, 7) is 2.07. The number of hydrogen-bond donors (Lipinski definition) is 1. The van der Waals surface area contributed by atoms with Gasteiger partial charge in [-0.05, 0) is 36.3 Å². The van der Waals surface area contributed by atoms with Gasteiger partial charge in [0.05, 0.1) is 6.10 Å². The van der Waals surface area contributed by atoms with E-state index in [9.17, 15) is 4.79 Å². The lowest BCUT2D eigenvalue weighted by Gasteiger charge is -2.29. The van der Waals surface area contributed by atoms with Gasteiger partial charge in [0.15, 0.2) is 0 Å². The number of ether oxygens (including phenoxy) is 1. The molecule has 1 amide bonds. The highest BCUT2D eigenvalue weighted by atomic mass is 32.1. The molecule has 0 aliphatic carbocycles. The quantitative estimate of drug-likeness (QED) is 0.873. The van der Waals surface area contributed by atoms with Crippen molar-refractivity contribution in [3.8, 4) is 0 Å². The van der Waals surface area contributed by atoms with Gasteiger partial charge in [0, 0.05) is 24.5 Å². The molecule has 5 heteroatoms. The van der Waals surface area contributed by atoms with Crippen LogP contribution in [0.4, 0.5) is 0 Å². The van der Waals surface area contributed by atoms with E-state index in [1.54, 1.807) is 11.3 Å². The molecule has 2 atom stereocenters. The Bertz CT molecular complexity index is 446. The molecule has 0 unspecified atom stereocenters. The second-order valence-electron chi connectivity index (χ2n) is 4.94. The van der Waals surface area contributed by atoms with Crippen LogP contribution in [0.25, 0.3) is 0 Å². The number of fused-ring (bicyclic) bond motifs is 1. The Hall–Kier alpha value is -0.910. The zero-order valence-electron chi connectivity index (χ0n) is 10.3. The average molecular weight is 266 g/mol. The molecule has 3 rings (SSSR count). The summed E-state index contributed by atoms with van der Waals surface area (Å²) < 4.78 is 5.68. The molecule has 1 aromatic rings. The van der Waals surface area contributed by atoms with Crippen LogP contribution in [0.3, 0.4) is 0 Å². The van der Waals surface area contributed by atoms with Crippen LogP contribution in [0.1, 0.15) is 23.3 Å². The minimum Gasteiger partial charge on any atom is -0.364 e. The lowest BCUT2D eigenvalue weighted by Crippen LogP contribution is -2.42. The van der Waals surface area contributed by atoms with E-state index in [1.807, 2.05) is 4.90 Å². The highest BCUT2D eigenvalue weighted by Crippen LogP contribution is 2.27. The Balaban J connectivity index is 1.64. The second-order valence-corrected chi connectivity index (χ2v) is 5.94. The number of carbonyl (C=O) groups excluding carboxylic acids is 1. The first-order valence-corrected chi connectivity index (χ1v) is 7.35. The fourth-order valence-electron chi connectivity index (χ4n) is 2.70. The third kappa shape index (κ3) is 2.18. The van der Waals surface area contributed by atoms with Crippen molar-refractivity contribution < 1.29 is 9.53 Å². The second kappa shape index (κ2) is 4.99. The molecule has 3 heterocycles. The van der Waals surface area contributed by atoms with Crippen molar-refractivity contribution in [1.82, 2.24) is 4.90 Å². The van der Waals surface area contributed by atoms with E-state index in [4.69, 9.17) is 10.5 Å². The van der Waals surface area contributed by atoms with Crippen molar-refractivity contribution in [2.24, 2.45) is 5.73 Å². The highest BCUT2D eigenvalue weighted by Gasteiger charge is 2.34. The predicted molar refractivity (Wildman–Crippen MR) is 70.4 cm³/mol. The van der Waals surface area contributed by atoms with E-state index in [2.05, 4.69) is 11.4 Å². The summed E-state index contributed by atoms with van der Waals surface area (Å²) >= 11 is 1.79. The monoisotopic (exact) mass is 266 g/mol. The minimum atomic E-state index is -0.265. The fourth-order valence-corrected chi connectivity index (χ4v) is 3.59. The zero-order chi connectivity index (χ0) is 12.5. The first-order chi connectivity index (χ1) is 8.78. The standard InChI is InChI=1S/C13H18N2O2S/c14-7-10-1-2-11(17-10)13(16)15-5-3-12-9(8-15)4-6-18-12/h4,6,10-11H,1-3,5,7-8,14H2/t10-,11+/m1/s1. The van der Waals surface area contributed by atoms with Crippen molar-refractivity contribution in [1.29, 1.82) is 0 Å². The summed E-state index contributed by atoms with van der Waals surface area (Å²) in [4.78, 5) is 15.7. The molecule has 18 heavy (non-hydrogen) atoms. The lowest BCUT2D eigenvalue weighted by molar-refractivity contribution is -0.143. The molecule has 98 valence electrons. The van der Waals surface area contributed by atoms with Gasteiger partial charge in [0.1, 0.15) is 6.10 Å². The summed E-state index contributed by atoms with van der Waals surface area (Å²) in [5.74, 6) is 0.141. The number of nitrogens with zero attached hydrogens (tertiary/aromatic N) is 1. The van der Waals surface area contributed by atoms with Crippen LogP contribution in [0, 0.1) is 0 Å². The van der Waals surface area contributed by atoms with Gasteiger partial charge in [-0.2, -0.15) is 0 Å². The van der Waals surface area contributed by atoms with Gasteiger partial charge in [-0.3, -0.25) is 4.79 Å². The smallest absolute Gasteiger partial charge is 0.252 e. The minimum absolute atomic E-state index is 0.0699. The maximum absolute atomic E-state index is 12.4. The van der Waals surface area contributed by atoms with Gasteiger partial charge in [-0.15, -0.1) is 11.3 Å². The van der Waals surface area contributed by atoms with Crippen LogP contribution in [0.15, 0.2) is 11.4 Å². The van der Waals surface area contributed by atoms with Crippen LogP contribution < -0.4 is 5.73 Å². The third-order valence-corrected chi connectivity index (χ3v) is 4.79. The van der Waals surface area contributed by atoms with Gasteiger partial charge in [-0.25, -0.2) is 0 Å². The summed E-state index contributed by atoms with van der Waals surface area (Å²) in [5, 5.41) is 2.11. The van der Waals surface area contributed by atoms with Gasteiger partial charge in [-0.1, -0.05) is 0 Å². The number of rotatable bonds is 2. The molecule has 1 aromatic heterocycles. The van der Waals surface area contributed by atoms with Gasteiger partial charge in [0.25, 0.3) is 5.91 Å². The Morgan fingerprint density at radius 2 is 2.44 bits per heavy atom. The highest BCUT2D eigenvalue weighted by molar-refractivity contribution is 7.10. The average Bonchev–Trinajstić information content (AvgIpc) is 3.05. The topological polar surface area (TPSA) is 55.6 Å². The van der Waals surface area contributed by atoms with E-state index in [1.165, 1.54) is 10.4 Å². The fraction of sp³-hybridized carbons (Fsp3) is 0.615. The molecule has 1 fully saturated rings. The third-order valence-electron chi connectivity index (χ3n) is 3.77. The molecule has 0 radical (unpaired) electrons. The molecular weight excluding hydrogens is 248 g/mol. The summed E-state index contributed by atoms with van der Waals surface area (Å²) in [5.41, 5.74) is 6.87. The van der Waals surface area contributed by atoms with E-state index in [0.29, 0.717) is 6.54 Å². The lowest BCUT2D eigenvalue weighted by atomic mass is 10.1. The van der Waals surface area contributed by atoms with Crippen molar-refractivity contribution in [3.63, 3.8) is 0 Å². The van der Waals surface area contributed by atoms with Crippen molar-refractivity contribution in [3.05, 3.63) is 21.9 Å². The molecular formula is C13H18N2O2S. The maximum Gasteiger partial charge on any atom is 0.252 e. The number of carbonyl (C=O) groups is 1. The van der Waals surface area contributed by atoms with Crippen molar-refractivity contribution >= 4 is 17.2 Å². The summed E-state index contributed by atoms with van der Waals surface area (Å²) in [7, 11) is 0. The predicted octanol–water partition coefficient (Wildman–Crippen LogP) is 1.14. The first-order valence-electron chi connectivity index (χ1n) is 6.47. The first kappa shape index (κ1) is 12.1. The number of hydrogen-bond acceptors (Lipinski definition) is 4. The van der Waals surface area contributed by atoms with Gasteiger partial charge >= 0.3 is 0 Å². The van der Waals surface area contributed by atoms with E-state index in [0.717, 1.165) is 32.4 Å². The number of thiophene rings is 1. The molecule has 0 spiro atoms. The van der Waals surface area contributed by atoms with E-state index >= 15 is 0 Å². The number of amides is 1. The summed E-state index contributed by atoms with van der Waals surface area (Å²) in [6, 6.07) is 2.12. The van der Waals surface area contributed by atoms with Crippen LogP contribution >= 0.6 is 11.3 Å². The summed E-state index contributed by atoms with van der Waals surface area (Å²) in [6.07, 6.45) is 2.50. The Morgan fingerprint density at radius 3 is 3.22 bits per heavy atom. The van der Waals surface area contributed by atoms with E-state index in [-0.39, 0.29) is 18.1 Å².